The number of hydrogen-bond acceptors (Lipinski definition) is 1. The fourth-order valence-electron chi connectivity index (χ4n) is 14.2. The molecule has 2 nitrogen and oxygen atoms in total. The van der Waals surface area contributed by atoms with E-state index in [1.54, 1.807) is 0 Å². The van der Waals surface area contributed by atoms with Gasteiger partial charge in [-0.2, -0.15) is 0 Å². The van der Waals surface area contributed by atoms with Gasteiger partial charge in [0.1, 0.15) is 0 Å². The summed E-state index contributed by atoms with van der Waals surface area (Å²) in [6, 6.07) is 78.0. The second kappa shape index (κ2) is 14.5. The standard InChI is InChI=1S/C68H54N2/c1-65(2)56-24-12-9-21-50(56)52-37-35-48(42-60(52)65)69(47-33-30-44(31-34-47)45-32-39-63-55(41-45)54-23-11-16-28-62(54)70(63)46-19-7-6-8-20-46)49-36-38-53-51-22-10-13-25-57(51)68(61(53)43-49)59-27-15-14-26-58(59)66(3,4)64-29-17-18-40-67(64,68)5/h6-39,41-43H,40H2,1-5H3. The van der Waals surface area contributed by atoms with Crippen LogP contribution >= 0.6 is 0 Å². The van der Waals surface area contributed by atoms with Crippen molar-refractivity contribution < 1.29 is 0 Å². The first kappa shape index (κ1) is 41.1. The first-order valence-electron chi connectivity index (χ1n) is 25.1. The lowest BCUT2D eigenvalue weighted by atomic mass is 9.43. The van der Waals surface area contributed by atoms with E-state index in [-0.39, 0.29) is 16.2 Å². The molecule has 0 saturated carbocycles. The second-order valence-electron chi connectivity index (χ2n) is 21.4. The molecule has 2 unspecified atom stereocenters. The summed E-state index contributed by atoms with van der Waals surface area (Å²) in [7, 11) is 0. The Balaban J connectivity index is 0.968. The Morgan fingerprint density at radius 3 is 1.71 bits per heavy atom. The van der Waals surface area contributed by atoms with E-state index in [0.717, 1.165) is 23.5 Å². The zero-order valence-electron chi connectivity index (χ0n) is 40.5. The third kappa shape index (κ3) is 5.34. The summed E-state index contributed by atoms with van der Waals surface area (Å²) in [4.78, 5) is 2.52. The highest BCUT2D eigenvalue weighted by molar-refractivity contribution is 6.10. The minimum absolute atomic E-state index is 0.136. The van der Waals surface area contributed by atoms with Crippen molar-refractivity contribution >= 4 is 38.9 Å². The first-order valence-corrected chi connectivity index (χ1v) is 25.1. The Morgan fingerprint density at radius 1 is 0.400 bits per heavy atom. The van der Waals surface area contributed by atoms with Gasteiger partial charge in [-0.1, -0.05) is 198 Å². The van der Waals surface area contributed by atoms with Crippen molar-refractivity contribution in [3.8, 4) is 39.1 Å². The zero-order valence-corrected chi connectivity index (χ0v) is 40.5. The Labute approximate surface area is 411 Å². The highest BCUT2D eigenvalue weighted by atomic mass is 15.1. The van der Waals surface area contributed by atoms with Crippen LogP contribution in [0.1, 0.15) is 74.4 Å². The van der Waals surface area contributed by atoms with E-state index in [0.29, 0.717) is 0 Å². The SMILES string of the molecule is CC1(C)C2=CC=CCC2(C)C2(c3ccccc3-c3ccc(N(c4ccc(-c5ccc6c(c5)c5ccccc5n6-c5ccccc5)cc4)c4ccc5c(c4)C(C)(C)c4ccccc4-5)cc32)c2ccccc21. The predicted octanol–water partition coefficient (Wildman–Crippen LogP) is 17.7. The van der Waals surface area contributed by atoms with Gasteiger partial charge in [0.15, 0.2) is 0 Å². The van der Waals surface area contributed by atoms with Crippen molar-refractivity contribution in [3.05, 3.63) is 263 Å². The summed E-state index contributed by atoms with van der Waals surface area (Å²) >= 11 is 0. The van der Waals surface area contributed by atoms with E-state index in [4.69, 9.17) is 0 Å². The average molecular weight is 899 g/mol. The molecule has 0 amide bonds. The fourth-order valence-corrected chi connectivity index (χ4v) is 14.2. The van der Waals surface area contributed by atoms with Crippen LogP contribution in [-0.2, 0) is 16.2 Å². The number of allylic oxidation sites excluding steroid dienone is 4. The van der Waals surface area contributed by atoms with Gasteiger partial charge in [-0.15, -0.1) is 0 Å². The Morgan fingerprint density at radius 2 is 0.957 bits per heavy atom. The number of fused-ring (bicyclic) bond motifs is 15. The summed E-state index contributed by atoms with van der Waals surface area (Å²) < 4.78 is 2.39. The van der Waals surface area contributed by atoms with E-state index >= 15 is 0 Å². The molecule has 1 heterocycles. The summed E-state index contributed by atoms with van der Waals surface area (Å²) in [6.45, 7) is 12.2. The van der Waals surface area contributed by atoms with Crippen LogP contribution in [0, 0.1) is 5.41 Å². The summed E-state index contributed by atoms with van der Waals surface area (Å²) in [6.07, 6.45) is 8.12. The van der Waals surface area contributed by atoms with Gasteiger partial charge >= 0.3 is 0 Å². The molecular formula is C68H54N2. The van der Waals surface area contributed by atoms with Crippen LogP contribution in [-0.4, -0.2) is 4.57 Å². The number of hydrogen-bond donors (Lipinski definition) is 0. The molecule has 0 saturated heterocycles. The van der Waals surface area contributed by atoms with Gasteiger partial charge < -0.3 is 9.47 Å². The van der Waals surface area contributed by atoms with Crippen LogP contribution in [0.5, 0.6) is 0 Å². The van der Waals surface area contributed by atoms with Crippen LogP contribution in [0.3, 0.4) is 0 Å². The van der Waals surface area contributed by atoms with Gasteiger partial charge in [-0.25, -0.2) is 0 Å². The van der Waals surface area contributed by atoms with E-state index in [1.165, 1.54) is 99.8 Å². The molecule has 0 radical (unpaired) electrons. The van der Waals surface area contributed by atoms with Crippen molar-refractivity contribution in [1.82, 2.24) is 4.57 Å². The molecule has 14 rings (SSSR count). The molecule has 4 aliphatic rings. The highest BCUT2D eigenvalue weighted by Gasteiger charge is 2.63. The van der Waals surface area contributed by atoms with Crippen LogP contribution < -0.4 is 4.90 Å². The maximum atomic E-state index is 2.57. The fraction of sp³-hybridized carbons (Fsp3) is 0.147. The zero-order chi connectivity index (χ0) is 47.1. The molecule has 336 valence electrons. The molecule has 1 aromatic heterocycles. The largest absolute Gasteiger partial charge is 0.310 e. The van der Waals surface area contributed by atoms with Gasteiger partial charge in [0, 0.05) is 49.8 Å². The highest BCUT2D eigenvalue weighted by Crippen LogP contribution is 2.71. The van der Waals surface area contributed by atoms with E-state index in [2.05, 4.69) is 269 Å². The number of rotatable bonds is 5. The number of anilines is 3. The normalized spacial score (nSPS) is 19.5. The number of benzene rings is 9. The van der Waals surface area contributed by atoms with Gasteiger partial charge in [0.25, 0.3) is 0 Å². The van der Waals surface area contributed by atoms with Crippen LogP contribution in [0.2, 0.25) is 0 Å². The Hall–Kier alpha value is -7.94. The molecule has 1 spiro atoms. The molecule has 2 atom stereocenters. The van der Waals surface area contributed by atoms with Crippen molar-refractivity contribution in [2.45, 2.75) is 57.3 Å². The van der Waals surface area contributed by atoms with Crippen LogP contribution in [0.15, 0.2) is 230 Å². The molecule has 0 bridgehead atoms. The number of nitrogens with zero attached hydrogens (tertiary/aromatic N) is 2. The Kier molecular flexibility index (Phi) is 8.53. The first-order chi connectivity index (χ1) is 34.1. The lowest BCUT2D eigenvalue weighted by Crippen LogP contribution is -2.54. The second-order valence-corrected chi connectivity index (χ2v) is 21.4. The topological polar surface area (TPSA) is 8.17 Å². The molecule has 2 heteroatoms. The molecule has 70 heavy (non-hydrogen) atoms. The minimum Gasteiger partial charge on any atom is -0.310 e. The molecule has 10 aromatic rings. The lowest BCUT2D eigenvalue weighted by molar-refractivity contribution is 0.217. The molecule has 0 aliphatic heterocycles. The third-order valence-electron chi connectivity index (χ3n) is 17.3. The Bertz CT molecular complexity index is 3880. The minimum atomic E-state index is -0.420. The van der Waals surface area contributed by atoms with E-state index in [1.807, 2.05) is 0 Å². The molecule has 0 N–H and O–H groups in total. The maximum absolute atomic E-state index is 2.57. The molecular weight excluding hydrogens is 845 g/mol. The lowest BCUT2D eigenvalue weighted by Gasteiger charge is -2.59. The van der Waals surface area contributed by atoms with Crippen molar-refractivity contribution in [3.63, 3.8) is 0 Å². The smallest absolute Gasteiger partial charge is 0.0561 e. The summed E-state index contributed by atoms with van der Waals surface area (Å²) in [5, 5.41) is 2.51. The van der Waals surface area contributed by atoms with Crippen molar-refractivity contribution in [2.75, 3.05) is 4.90 Å². The number of para-hydroxylation sites is 2. The predicted molar refractivity (Wildman–Crippen MR) is 293 cm³/mol. The molecule has 4 aliphatic carbocycles. The van der Waals surface area contributed by atoms with Gasteiger partial charge in [0.2, 0.25) is 0 Å². The van der Waals surface area contributed by atoms with Crippen LogP contribution in [0.4, 0.5) is 17.1 Å². The quantitative estimate of drug-likeness (QED) is 0.167. The van der Waals surface area contributed by atoms with Crippen LogP contribution in [0.25, 0.3) is 60.9 Å². The summed E-state index contributed by atoms with van der Waals surface area (Å²) in [5.41, 5.74) is 23.7. The number of aromatic nitrogens is 1. The molecule has 0 fully saturated rings. The van der Waals surface area contributed by atoms with Gasteiger partial charge in [0.05, 0.1) is 16.4 Å². The maximum Gasteiger partial charge on any atom is 0.0561 e. The van der Waals surface area contributed by atoms with Crippen molar-refractivity contribution in [1.29, 1.82) is 0 Å². The summed E-state index contributed by atoms with van der Waals surface area (Å²) in [5.74, 6) is 0. The van der Waals surface area contributed by atoms with Gasteiger partial charge in [-0.05, 0) is 140 Å². The third-order valence-corrected chi connectivity index (χ3v) is 17.3. The van der Waals surface area contributed by atoms with Gasteiger partial charge in [-0.3, -0.25) is 0 Å². The van der Waals surface area contributed by atoms with Crippen molar-refractivity contribution in [2.24, 2.45) is 5.41 Å². The van der Waals surface area contributed by atoms with E-state index in [9.17, 15) is 0 Å². The van der Waals surface area contributed by atoms with E-state index < -0.39 is 5.41 Å². The molecule has 9 aromatic carbocycles. The monoisotopic (exact) mass is 898 g/mol. The average Bonchev–Trinajstić information content (AvgIpc) is 3.97.